The molecular weight excluding hydrogens is 428 g/mol. The molecule has 0 unspecified atom stereocenters. The van der Waals surface area contributed by atoms with Crippen molar-refractivity contribution in [1.29, 1.82) is 5.26 Å². The molecule has 0 aliphatic heterocycles. The number of nitriles is 1. The number of hydrogen-bond acceptors (Lipinski definition) is 6. The molecule has 0 aliphatic rings. The number of methoxy groups -OCH3 is 1. The molecule has 0 saturated heterocycles. The van der Waals surface area contributed by atoms with Crippen LogP contribution in [0, 0.1) is 11.3 Å². The lowest BCUT2D eigenvalue weighted by Gasteiger charge is -2.14. The summed E-state index contributed by atoms with van der Waals surface area (Å²) in [7, 11) is -0.0154. The third kappa shape index (κ3) is 4.22. The number of benzene rings is 2. The van der Waals surface area contributed by atoms with E-state index >= 15 is 0 Å². The molecule has 0 amide bonds. The molecule has 2 aromatic heterocycles. The second-order valence-corrected chi connectivity index (χ2v) is 8.94. The van der Waals surface area contributed by atoms with Crippen LogP contribution in [0.5, 0.6) is 17.4 Å². The average molecular weight is 449 g/mol. The van der Waals surface area contributed by atoms with Gasteiger partial charge in [0, 0.05) is 41.6 Å². The number of ether oxygens (including phenoxy) is 2. The van der Waals surface area contributed by atoms with Crippen LogP contribution in [0.2, 0.25) is 0 Å². The van der Waals surface area contributed by atoms with Crippen LogP contribution in [0.15, 0.2) is 60.9 Å². The number of aryl methyl sites for hydroxylation is 1. The van der Waals surface area contributed by atoms with E-state index in [1.165, 1.54) is 0 Å². The monoisotopic (exact) mass is 448 g/mol. The van der Waals surface area contributed by atoms with Gasteiger partial charge in [-0.1, -0.05) is 0 Å². The Bertz CT molecular complexity index is 1450. The normalized spacial score (nSPS) is 11.2. The molecule has 2 aromatic carbocycles. The first-order chi connectivity index (χ1) is 15.3. The molecule has 0 saturated carbocycles. The van der Waals surface area contributed by atoms with Crippen molar-refractivity contribution in [3.05, 3.63) is 66.5 Å². The molecule has 0 atom stereocenters. The largest absolute Gasteiger partial charge is 0.479 e. The van der Waals surface area contributed by atoms with E-state index in [1.54, 1.807) is 55.8 Å². The number of hydrogen-bond donors (Lipinski definition) is 1. The summed E-state index contributed by atoms with van der Waals surface area (Å²) >= 11 is 0. The molecule has 2 heterocycles. The topological polar surface area (TPSA) is 106 Å². The zero-order chi connectivity index (χ0) is 22.9. The molecular formula is C23H20N4O4S. The molecule has 32 heavy (non-hydrogen) atoms. The summed E-state index contributed by atoms with van der Waals surface area (Å²) in [5, 5.41) is 9.89. The van der Waals surface area contributed by atoms with Crippen LogP contribution in [0.1, 0.15) is 5.56 Å². The number of aromatic nitrogens is 2. The van der Waals surface area contributed by atoms with Crippen LogP contribution in [0.4, 0.5) is 5.69 Å². The highest BCUT2D eigenvalue weighted by Gasteiger charge is 2.18. The van der Waals surface area contributed by atoms with Gasteiger partial charge in [-0.05, 0) is 48.5 Å². The van der Waals surface area contributed by atoms with Gasteiger partial charge < -0.3 is 14.0 Å². The summed E-state index contributed by atoms with van der Waals surface area (Å²) < 4.78 is 39.5. The van der Waals surface area contributed by atoms with Gasteiger partial charge in [-0.3, -0.25) is 4.72 Å². The number of rotatable bonds is 6. The number of fused-ring (bicyclic) bond motifs is 1. The Morgan fingerprint density at radius 3 is 2.50 bits per heavy atom. The summed E-state index contributed by atoms with van der Waals surface area (Å²) in [5.74, 6) is 1.56. The second kappa shape index (κ2) is 8.24. The third-order valence-electron chi connectivity index (χ3n) is 4.83. The van der Waals surface area contributed by atoms with Crippen LogP contribution in [-0.2, 0) is 17.1 Å². The van der Waals surface area contributed by atoms with E-state index in [9.17, 15) is 8.42 Å². The standard InChI is InChI=1S/C23H20N4O4S/c1-27-14-20(18-10-11-25-23(30-2)22(18)27)19-12-16(26-32(3,28)29)6-9-21(19)31-17-7-4-15(13-24)5-8-17/h4-12,14,26H,1-3H3. The van der Waals surface area contributed by atoms with Crippen LogP contribution in [0.3, 0.4) is 0 Å². The van der Waals surface area contributed by atoms with Crippen molar-refractivity contribution in [1.82, 2.24) is 9.55 Å². The fourth-order valence-electron chi connectivity index (χ4n) is 3.52. The van der Waals surface area contributed by atoms with E-state index in [-0.39, 0.29) is 0 Å². The molecule has 1 N–H and O–H groups in total. The SMILES string of the molecule is COc1nccc2c(-c3cc(NS(C)(=O)=O)ccc3Oc3ccc(C#N)cc3)cn(C)c12. The van der Waals surface area contributed by atoms with Crippen LogP contribution < -0.4 is 14.2 Å². The van der Waals surface area contributed by atoms with Gasteiger partial charge in [0.15, 0.2) is 0 Å². The van der Waals surface area contributed by atoms with E-state index in [1.807, 2.05) is 23.9 Å². The minimum Gasteiger partial charge on any atom is -0.479 e. The van der Waals surface area contributed by atoms with Crippen molar-refractivity contribution in [3.63, 3.8) is 0 Å². The maximum atomic E-state index is 11.8. The fourth-order valence-corrected chi connectivity index (χ4v) is 4.07. The van der Waals surface area contributed by atoms with Crippen molar-refractivity contribution < 1.29 is 17.9 Å². The zero-order valence-corrected chi connectivity index (χ0v) is 18.5. The van der Waals surface area contributed by atoms with Crippen LogP contribution >= 0.6 is 0 Å². The van der Waals surface area contributed by atoms with Gasteiger partial charge >= 0.3 is 0 Å². The Kier molecular flexibility index (Phi) is 5.47. The van der Waals surface area contributed by atoms with Crippen LogP contribution in [-0.4, -0.2) is 31.3 Å². The smallest absolute Gasteiger partial charge is 0.238 e. The van der Waals surface area contributed by atoms with E-state index < -0.39 is 10.0 Å². The highest BCUT2D eigenvalue weighted by Crippen LogP contribution is 2.41. The number of nitrogens with zero attached hydrogens (tertiary/aromatic N) is 3. The van der Waals surface area contributed by atoms with Crippen molar-refractivity contribution in [2.24, 2.45) is 7.05 Å². The van der Waals surface area contributed by atoms with Gasteiger partial charge in [-0.15, -0.1) is 0 Å². The number of sulfonamides is 1. The van der Waals surface area contributed by atoms with Crippen molar-refractivity contribution in [2.75, 3.05) is 18.1 Å². The molecule has 162 valence electrons. The van der Waals surface area contributed by atoms with E-state index in [2.05, 4.69) is 15.8 Å². The lowest BCUT2D eigenvalue weighted by Crippen LogP contribution is -2.09. The molecule has 0 aliphatic carbocycles. The van der Waals surface area contributed by atoms with Crippen molar-refractivity contribution in [2.45, 2.75) is 0 Å². The predicted molar refractivity (Wildman–Crippen MR) is 122 cm³/mol. The van der Waals surface area contributed by atoms with E-state index in [0.29, 0.717) is 34.2 Å². The number of pyridine rings is 1. The minimum atomic E-state index is -3.46. The molecule has 4 rings (SSSR count). The first-order valence-corrected chi connectivity index (χ1v) is 11.5. The Labute approximate surface area is 185 Å². The van der Waals surface area contributed by atoms with Gasteiger partial charge in [-0.2, -0.15) is 5.26 Å². The molecule has 4 aromatic rings. The third-order valence-corrected chi connectivity index (χ3v) is 5.44. The molecule has 0 radical (unpaired) electrons. The van der Waals surface area contributed by atoms with Gasteiger partial charge in [0.25, 0.3) is 0 Å². The van der Waals surface area contributed by atoms with Crippen molar-refractivity contribution in [3.8, 4) is 34.6 Å². The number of anilines is 1. The molecule has 0 spiro atoms. The Morgan fingerprint density at radius 2 is 1.84 bits per heavy atom. The van der Waals surface area contributed by atoms with Gasteiger partial charge in [0.05, 0.1) is 25.0 Å². The maximum absolute atomic E-state index is 11.8. The fraction of sp³-hybridized carbons (Fsp3) is 0.130. The van der Waals surface area contributed by atoms with Gasteiger partial charge in [0.2, 0.25) is 15.9 Å². The highest BCUT2D eigenvalue weighted by atomic mass is 32.2. The highest BCUT2D eigenvalue weighted by molar-refractivity contribution is 7.92. The summed E-state index contributed by atoms with van der Waals surface area (Å²) in [4.78, 5) is 4.27. The Hall–Kier alpha value is -4.03. The van der Waals surface area contributed by atoms with Gasteiger partial charge in [-0.25, -0.2) is 13.4 Å². The summed E-state index contributed by atoms with van der Waals surface area (Å²) in [6.45, 7) is 0. The quantitative estimate of drug-likeness (QED) is 0.472. The molecule has 0 bridgehead atoms. The van der Waals surface area contributed by atoms with Gasteiger partial charge in [0.1, 0.15) is 17.0 Å². The minimum absolute atomic E-state index is 0.410. The molecule has 0 fully saturated rings. The lowest BCUT2D eigenvalue weighted by molar-refractivity contribution is 0.401. The number of nitrogens with one attached hydrogen (secondary N) is 1. The Morgan fingerprint density at radius 1 is 1.09 bits per heavy atom. The zero-order valence-electron chi connectivity index (χ0n) is 17.7. The maximum Gasteiger partial charge on any atom is 0.238 e. The Balaban J connectivity index is 1.89. The van der Waals surface area contributed by atoms with Crippen LogP contribution in [0.25, 0.3) is 22.0 Å². The van der Waals surface area contributed by atoms with E-state index in [4.69, 9.17) is 14.7 Å². The molecule has 9 heteroatoms. The summed E-state index contributed by atoms with van der Waals surface area (Å²) in [5.41, 5.74) is 3.24. The van der Waals surface area contributed by atoms with E-state index in [0.717, 1.165) is 22.7 Å². The summed E-state index contributed by atoms with van der Waals surface area (Å²) in [6.07, 6.45) is 4.67. The average Bonchev–Trinajstić information content (AvgIpc) is 3.11. The summed E-state index contributed by atoms with van der Waals surface area (Å²) in [6, 6.07) is 15.8. The first kappa shape index (κ1) is 21.2. The predicted octanol–water partition coefficient (Wildman–Crippen LogP) is 4.28. The first-order valence-electron chi connectivity index (χ1n) is 9.57. The van der Waals surface area contributed by atoms with Crippen molar-refractivity contribution >= 4 is 26.6 Å². The molecule has 8 nitrogen and oxygen atoms in total. The lowest BCUT2D eigenvalue weighted by atomic mass is 10.0. The second-order valence-electron chi connectivity index (χ2n) is 7.19.